The number of β-lactam (4-membered cyclic amide) rings is 1. The number of aromatic nitrogens is 1. The van der Waals surface area contributed by atoms with Crippen molar-refractivity contribution in [2.75, 3.05) is 11.9 Å². The number of carbonyl (C=O) groups excluding carboxylic acids is 2. The zero-order chi connectivity index (χ0) is 17.9. The van der Waals surface area contributed by atoms with Gasteiger partial charge in [0.25, 0.3) is 0 Å². The molecule has 0 bridgehead atoms. The molecule has 1 aromatic rings. The first-order valence-electron chi connectivity index (χ1n) is 7.81. The van der Waals surface area contributed by atoms with Crippen molar-refractivity contribution in [3.8, 4) is 0 Å². The molecule has 24 heavy (non-hydrogen) atoms. The summed E-state index contributed by atoms with van der Waals surface area (Å²) in [6.07, 6.45) is 1.52. The number of aliphatic hydroxyl groups is 1. The summed E-state index contributed by atoms with van der Waals surface area (Å²) in [5.74, 6) is 0.218. The number of aliphatic hydroxyl groups excluding tert-OH is 1. The SMILES string of the molecule is C[Si]N1C(=O)[C@H](Cc2ccnc(NC(=O)OC(C)(C)C)c2)[C@H]1CO. The topological polar surface area (TPSA) is 91.8 Å². The van der Waals surface area contributed by atoms with Crippen LogP contribution < -0.4 is 5.32 Å². The zero-order valence-electron chi connectivity index (χ0n) is 14.4. The maximum atomic E-state index is 12.1. The van der Waals surface area contributed by atoms with Gasteiger partial charge < -0.3 is 14.4 Å². The van der Waals surface area contributed by atoms with Crippen molar-refractivity contribution in [1.29, 1.82) is 0 Å². The molecule has 1 saturated heterocycles. The molecular weight excluding hydrogens is 326 g/mol. The van der Waals surface area contributed by atoms with E-state index in [0.717, 1.165) is 5.56 Å². The van der Waals surface area contributed by atoms with Gasteiger partial charge in [0.1, 0.15) is 11.4 Å². The van der Waals surface area contributed by atoms with Gasteiger partial charge in [-0.05, 0) is 44.9 Å². The molecule has 7 nitrogen and oxygen atoms in total. The van der Waals surface area contributed by atoms with Crippen LogP contribution in [0.15, 0.2) is 18.3 Å². The fourth-order valence-electron chi connectivity index (χ4n) is 2.64. The van der Waals surface area contributed by atoms with Crippen molar-refractivity contribution in [3.63, 3.8) is 0 Å². The van der Waals surface area contributed by atoms with Gasteiger partial charge in [0.2, 0.25) is 5.91 Å². The fourth-order valence-corrected chi connectivity index (χ4v) is 3.62. The Morgan fingerprint density at radius 3 is 2.79 bits per heavy atom. The number of hydrogen-bond donors (Lipinski definition) is 2. The van der Waals surface area contributed by atoms with Crippen LogP contribution in [0.1, 0.15) is 26.3 Å². The highest BCUT2D eigenvalue weighted by Crippen LogP contribution is 2.29. The molecule has 0 aliphatic carbocycles. The van der Waals surface area contributed by atoms with E-state index in [1.807, 2.05) is 6.55 Å². The van der Waals surface area contributed by atoms with Crippen molar-refractivity contribution in [3.05, 3.63) is 23.9 Å². The van der Waals surface area contributed by atoms with E-state index in [9.17, 15) is 14.7 Å². The van der Waals surface area contributed by atoms with Crippen LogP contribution in [0.2, 0.25) is 6.55 Å². The van der Waals surface area contributed by atoms with Crippen LogP contribution in [-0.2, 0) is 16.0 Å². The van der Waals surface area contributed by atoms with Crippen molar-refractivity contribution < 1.29 is 19.4 Å². The molecule has 2 heterocycles. The van der Waals surface area contributed by atoms with Crippen LogP contribution in [0.3, 0.4) is 0 Å². The van der Waals surface area contributed by atoms with Gasteiger partial charge in [0.05, 0.1) is 18.6 Å². The lowest BCUT2D eigenvalue weighted by Crippen LogP contribution is -2.63. The van der Waals surface area contributed by atoms with Crippen LogP contribution in [-0.4, -0.2) is 54.6 Å². The predicted octanol–water partition coefficient (Wildman–Crippen LogP) is 1.46. The third-order valence-electron chi connectivity index (χ3n) is 3.69. The van der Waals surface area contributed by atoms with Crippen LogP contribution in [0.4, 0.5) is 10.6 Å². The highest BCUT2D eigenvalue weighted by molar-refractivity contribution is 6.36. The van der Waals surface area contributed by atoms with E-state index in [0.29, 0.717) is 21.9 Å². The molecule has 1 aliphatic heterocycles. The molecule has 2 radical (unpaired) electrons. The largest absolute Gasteiger partial charge is 0.444 e. The number of rotatable bonds is 5. The van der Waals surface area contributed by atoms with Crippen molar-refractivity contribution >= 4 is 27.5 Å². The molecule has 0 aromatic carbocycles. The van der Waals surface area contributed by atoms with E-state index < -0.39 is 11.7 Å². The standard InChI is InChI=1S/C16H23N3O4Si/c1-16(2,3)23-15(22)18-13-8-10(5-6-17-13)7-11-12(9-20)19(24-4)14(11)21/h5-6,8,11-12,20H,7,9H2,1-4H3,(H,17,18,22)/t11-,12-/m1/s1. The van der Waals surface area contributed by atoms with Crippen molar-refractivity contribution in [2.45, 2.75) is 45.4 Å². The minimum Gasteiger partial charge on any atom is -0.444 e. The molecule has 1 aliphatic rings. The lowest BCUT2D eigenvalue weighted by molar-refractivity contribution is -0.148. The van der Waals surface area contributed by atoms with E-state index in [2.05, 4.69) is 10.3 Å². The van der Waals surface area contributed by atoms with Gasteiger partial charge >= 0.3 is 6.09 Å². The molecule has 1 aromatic heterocycles. The zero-order valence-corrected chi connectivity index (χ0v) is 15.4. The molecule has 2 N–H and O–H groups in total. The third-order valence-corrected chi connectivity index (χ3v) is 4.72. The maximum absolute atomic E-state index is 12.1. The first kappa shape index (κ1) is 18.4. The first-order valence-corrected chi connectivity index (χ1v) is 9.26. The predicted molar refractivity (Wildman–Crippen MR) is 90.6 cm³/mol. The van der Waals surface area contributed by atoms with Crippen molar-refractivity contribution in [2.24, 2.45) is 5.92 Å². The molecule has 0 saturated carbocycles. The second-order valence-electron chi connectivity index (χ2n) is 6.67. The molecule has 1 fully saturated rings. The Balaban J connectivity index is 2.01. The van der Waals surface area contributed by atoms with E-state index >= 15 is 0 Å². The molecule has 0 spiro atoms. The number of pyridine rings is 1. The molecular formula is C16H23N3O4Si. The number of nitrogens with one attached hydrogen (secondary N) is 1. The Labute approximate surface area is 144 Å². The second kappa shape index (κ2) is 7.31. The second-order valence-corrected chi connectivity index (χ2v) is 7.60. The van der Waals surface area contributed by atoms with Crippen LogP contribution in [0.25, 0.3) is 0 Å². The Morgan fingerprint density at radius 1 is 1.50 bits per heavy atom. The summed E-state index contributed by atoms with van der Waals surface area (Å²) in [7, 11) is 0.359. The van der Waals surface area contributed by atoms with Gasteiger partial charge in [-0.3, -0.25) is 10.1 Å². The summed E-state index contributed by atoms with van der Waals surface area (Å²) in [5.41, 5.74) is 0.297. The lowest BCUT2D eigenvalue weighted by atomic mass is 9.85. The first-order chi connectivity index (χ1) is 11.2. The highest BCUT2D eigenvalue weighted by Gasteiger charge is 2.45. The van der Waals surface area contributed by atoms with Gasteiger partial charge in [0, 0.05) is 6.20 Å². The van der Waals surface area contributed by atoms with E-state index in [1.54, 1.807) is 43.7 Å². The molecule has 8 heteroatoms. The number of anilines is 1. The number of ether oxygens (including phenoxy) is 1. The monoisotopic (exact) mass is 349 g/mol. The number of amides is 2. The van der Waals surface area contributed by atoms with Gasteiger partial charge in [-0.15, -0.1) is 0 Å². The van der Waals surface area contributed by atoms with E-state index in [-0.39, 0.29) is 24.5 Å². The van der Waals surface area contributed by atoms with E-state index in [1.165, 1.54) is 0 Å². The van der Waals surface area contributed by atoms with Gasteiger partial charge in [-0.2, -0.15) is 0 Å². The smallest absolute Gasteiger partial charge is 0.413 e. The number of carbonyl (C=O) groups is 2. The summed E-state index contributed by atoms with van der Waals surface area (Å²) in [5, 5.41) is 12.0. The Bertz CT molecular complexity index is 618. The Morgan fingerprint density at radius 2 is 2.21 bits per heavy atom. The molecule has 2 atom stereocenters. The fraction of sp³-hybridized carbons (Fsp3) is 0.562. The van der Waals surface area contributed by atoms with Gasteiger partial charge in [-0.25, -0.2) is 9.78 Å². The van der Waals surface area contributed by atoms with Crippen LogP contribution in [0, 0.1) is 5.92 Å². The van der Waals surface area contributed by atoms with Crippen LogP contribution in [0.5, 0.6) is 0 Å². The van der Waals surface area contributed by atoms with E-state index in [4.69, 9.17) is 4.74 Å². The summed E-state index contributed by atoms with van der Waals surface area (Å²) < 4.78 is 6.89. The average molecular weight is 349 g/mol. The summed E-state index contributed by atoms with van der Waals surface area (Å²) in [6.45, 7) is 7.24. The minimum atomic E-state index is -0.585. The van der Waals surface area contributed by atoms with Gasteiger partial charge in [0.15, 0.2) is 9.68 Å². The normalized spacial score (nSPS) is 20.5. The molecule has 2 amide bonds. The minimum absolute atomic E-state index is 0.0364. The molecule has 2 rings (SSSR count). The van der Waals surface area contributed by atoms with Gasteiger partial charge in [-0.1, -0.05) is 6.55 Å². The quantitative estimate of drug-likeness (QED) is 0.620. The number of nitrogens with zero attached hydrogens (tertiary/aromatic N) is 2. The molecule has 130 valence electrons. The third kappa shape index (κ3) is 4.33. The molecule has 0 unspecified atom stereocenters. The van der Waals surface area contributed by atoms with Crippen molar-refractivity contribution in [1.82, 2.24) is 9.55 Å². The van der Waals surface area contributed by atoms with Crippen LogP contribution >= 0.6 is 0 Å². The summed E-state index contributed by atoms with van der Waals surface area (Å²) in [6, 6.07) is 3.40. The highest BCUT2D eigenvalue weighted by atomic mass is 28.2. The Kier molecular flexibility index (Phi) is 5.61. The number of hydrogen-bond acceptors (Lipinski definition) is 5. The Hall–Kier alpha value is -1.93. The maximum Gasteiger partial charge on any atom is 0.413 e. The summed E-state index contributed by atoms with van der Waals surface area (Å²) in [4.78, 5) is 28.0. The average Bonchev–Trinajstić information content (AvgIpc) is 2.48. The lowest BCUT2D eigenvalue weighted by Gasteiger charge is -2.46. The summed E-state index contributed by atoms with van der Waals surface area (Å²) >= 11 is 0.